The largest absolute Gasteiger partial charge is 0.484 e. The van der Waals surface area contributed by atoms with Gasteiger partial charge in [-0.05, 0) is 67.8 Å². The molecule has 0 radical (unpaired) electrons. The van der Waals surface area contributed by atoms with Crippen molar-refractivity contribution < 1.29 is 19.1 Å². The Kier molecular flexibility index (Phi) is 6.16. The molecule has 3 N–H and O–H groups in total. The number of ether oxygens (including phenoxy) is 1. The van der Waals surface area contributed by atoms with E-state index >= 15 is 0 Å². The summed E-state index contributed by atoms with van der Waals surface area (Å²) in [5, 5.41) is 3.41. The van der Waals surface area contributed by atoms with Gasteiger partial charge in [-0.1, -0.05) is 11.6 Å². The molecule has 0 saturated heterocycles. The first-order valence-electron chi connectivity index (χ1n) is 8.81. The van der Waals surface area contributed by atoms with E-state index < -0.39 is 11.8 Å². The van der Waals surface area contributed by atoms with Crippen LogP contribution in [0.15, 0.2) is 42.5 Å². The average molecular weight is 402 g/mol. The van der Waals surface area contributed by atoms with Gasteiger partial charge in [0.25, 0.3) is 11.8 Å². The Labute approximate surface area is 167 Å². The van der Waals surface area contributed by atoms with Gasteiger partial charge in [0.1, 0.15) is 5.75 Å². The van der Waals surface area contributed by atoms with Gasteiger partial charge in [0.05, 0.1) is 0 Å². The molecular formula is C20H20ClN3O4. The summed E-state index contributed by atoms with van der Waals surface area (Å²) in [6.07, 6.45) is 1.85. The van der Waals surface area contributed by atoms with Crippen molar-refractivity contribution in [2.45, 2.75) is 19.8 Å². The first-order chi connectivity index (χ1) is 13.4. The van der Waals surface area contributed by atoms with Crippen molar-refractivity contribution in [1.82, 2.24) is 10.9 Å². The number of rotatable bonds is 6. The third-order valence-corrected chi connectivity index (χ3v) is 4.60. The van der Waals surface area contributed by atoms with E-state index in [0.717, 1.165) is 18.4 Å². The maximum atomic E-state index is 12.1. The number of halogens is 1. The second kappa shape index (κ2) is 8.75. The maximum absolute atomic E-state index is 12.1. The Morgan fingerprint density at radius 1 is 1.07 bits per heavy atom. The van der Waals surface area contributed by atoms with Gasteiger partial charge in [-0.15, -0.1) is 0 Å². The van der Waals surface area contributed by atoms with Crippen molar-refractivity contribution in [2.75, 3.05) is 11.9 Å². The highest BCUT2D eigenvalue weighted by atomic mass is 35.5. The van der Waals surface area contributed by atoms with Crippen LogP contribution < -0.4 is 20.9 Å². The predicted molar refractivity (Wildman–Crippen MR) is 105 cm³/mol. The van der Waals surface area contributed by atoms with Gasteiger partial charge in [0.15, 0.2) is 6.61 Å². The van der Waals surface area contributed by atoms with Crippen LogP contribution in [0.5, 0.6) is 5.75 Å². The quantitative estimate of drug-likeness (QED) is 0.648. The lowest BCUT2D eigenvalue weighted by atomic mass is 10.2. The number of benzene rings is 2. The molecule has 7 nitrogen and oxygen atoms in total. The molecule has 3 rings (SSSR count). The number of carbonyl (C=O) groups excluding carboxylic acids is 3. The number of nitrogens with one attached hydrogen (secondary N) is 3. The van der Waals surface area contributed by atoms with Crippen LogP contribution in [0.3, 0.4) is 0 Å². The monoisotopic (exact) mass is 401 g/mol. The minimum Gasteiger partial charge on any atom is -0.484 e. The Morgan fingerprint density at radius 3 is 2.43 bits per heavy atom. The number of amides is 3. The van der Waals surface area contributed by atoms with Crippen molar-refractivity contribution in [3.05, 3.63) is 58.6 Å². The summed E-state index contributed by atoms with van der Waals surface area (Å²) < 4.78 is 5.36. The summed E-state index contributed by atoms with van der Waals surface area (Å²) in [5.41, 5.74) is 6.42. The number of hydrazine groups is 1. The summed E-state index contributed by atoms with van der Waals surface area (Å²) in [5.74, 6) is -0.366. The van der Waals surface area contributed by atoms with Gasteiger partial charge in [0.2, 0.25) is 5.91 Å². The van der Waals surface area contributed by atoms with E-state index in [9.17, 15) is 14.4 Å². The number of aryl methyl sites for hydroxylation is 1. The van der Waals surface area contributed by atoms with Crippen LogP contribution in [-0.2, 0) is 9.59 Å². The lowest BCUT2D eigenvalue weighted by Crippen LogP contribution is -2.43. The van der Waals surface area contributed by atoms with Gasteiger partial charge >= 0.3 is 0 Å². The first-order valence-corrected chi connectivity index (χ1v) is 9.19. The van der Waals surface area contributed by atoms with E-state index in [0.29, 0.717) is 22.0 Å². The maximum Gasteiger partial charge on any atom is 0.276 e. The summed E-state index contributed by atoms with van der Waals surface area (Å²) in [6.45, 7) is 1.58. The number of carbonyl (C=O) groups is 3. The second-order valence-corrected chi connectivity index (χ2v) is 6.95. The van der Waals surface area contributed by atoms with E-state index in [-0.39, 0.29) is 18.4 Å². The standard InChI is InChI=1S/C20H20ClN3O4/c1-12-10-16(8-9-17(12)21)28-11-18(25)23-24-20(27)14-4-6-15(7-5-14)22-19(26)13-2-3-13/h4-10,13H,2-3,11H2,1H3,(H,22,26)(H,23,25)(H,24,27). The topological polar surface area (TPSA) is 96.5 Å². The molecule has 2 aromatic carbocycles. The molecule has 0 aliphatic heterocycles. The third-order valence-electron chi connectivity index (χ3n) is 4.18. The Morgan fingerprint density at radius 2 is 1.79 bits per heavy atom. The Bertz CT molecular complexity index is 895. The normalized spacial score (nSPS) is 12.8. The molecule has 28 heavy (non-hydrogen) atoms. The van der Waals surface area contributed by atoms with E-state index in [1.54, 1.807) is 42.5 Å². The fourth-order valence-electron chi connectivity index (χ4n) is 2.39. The Balaban J connectivity index is 1.43. The molecule has 0 atom stereocenters. The molecule has 1 aliphatic rings. The number of hydrogen-bond donors (Lipinski definition) is 3. The van der Waals surface area contributed by atoms with Crippen LogP contribution in [0.1, 0.15) is 28.8 Å². The van der Waals surface area contributed by atoms with Crippen LogP contribution in [0.4, 0.5) is 5.69 Å². The molecule has 3 amide bonds. The zero-order valence-corrected chi connectivity index (χ0v) is 16.0. The highest BCUT2D eigenvalue weighted by Gasteiger charge is 2.29. The lowest BCUT2D eigenvalue weighted by Gasteiger charge is -2.10. The van der Waals surface area contributed by atoms with Crippen molar-refractivity contribution >= 4 is 35.0 Å². The molecule has 2 aromatic rings. The van der Waals surface area contributed by atoms with Gasteiger partial charge in [-0.2, -0.15) is 0 Å². The second-order valence-electron chi connectivity index (χ2n) is 6.54. The number of anilines is 1. The summed E-state index contributed by atoms with van der Waals surface area (Å²) in [7, 11) is 0. The van der Waals surface area contributed by atoms with Gasteiger partial charge < -0.3 is 10.1 Å². The smallest absolute Gasteiger partial charge is 0.276 e. The SMILES string of the molecule is Cc1cc(OCC(=O)NNC(=O)c2ccc(NC(=O)C3CC3)cc2)ccc1Cl. The summed E-state index contributed by atoms with van der Waals surface area (Å²) in [4.78, 5) is 35.6. The molecular weight excluding hydrogens is 382 g/mol. The van der Waals surface area contributed by atoms with E-state index in [1.165, 1.54) is 0 Å². The molecule has 8 heteroatoms. The van der Waals surface area contributed by atoms with Gasteiger partial charge in [0, 0.05) is 22.2 Å². The fourth-order valence-corrected chi connectivity index (χ4v) is 2.50. The first kappa shape index (κ1) is 19.7. The van der Waals surface area contributed by atoms with E-state index in [4.69, 9.17) is 16.3 Å². The number of hydrogen-bond acceptors (Lipinski definition) is 4. The van der Waals surface area contributed by atoms with Crippen LogP contribution in [0.2, 0.25) is 5.02 Å². The van der Waals surface area contributed by atoms with Crippen LogP contribution in [0.25, 0.3) is 0 Å². The molecule has 1 saturated carbocycles. The van der Waals surface area contributed by atoms with Crippen molar-refractivity contribution in [3.63, 3.8) is 0 Å². The zero-order chi connectivity index (χ0) is 20.1. The lowest BCUT2D eigenvalue weighted by molar-refractivity contribution is -0.123. The Hall–Kier alpha value is -3.06. The average Bonchev–Trinajstić information content (AvgIpc) is 3.53. The molecule has 0 spiro atoms. The molecule has 0 aromatic heterocycles. The van der Waals surface area contributed by atoms with Gasteiger partial charge in [-0.3, -0.25) is 25.2 Å². The molecule has 0 heterocycles. The van der Waals surface area contributed by atoms with E-state index in [2.05, 4.69) is 16.2 Å². The van der Waals surface area contributed by atoms with Crippen LogP contribution in [-0.4, -0.2) is 24.3 Å². The molecule has 0 bridgehead atoms. The van der Waals surface area contributed by atoms with Gasteiger partial charge in [-0.25, -0.2) is 0 Å². The van der Waals surface area contributed by atoms with E-state index in [1.807, 2.05) is 6.92 Å². The van der Waals surface area contributed by atoms with Crippen LogP contribution in [0, 0.1) is 12.8 Å². The summed E-state index contributed by atoms with van der Waals surface area (Å²) in [6, 6.07) is 11.5. The zero-order valence-electron chi connectivity index (χ0n) is 15.3. The molecule has 0 unspecified atom stereocenters. The minimum absolute atomic E-state index is 0.000320. The summed E-state index contributed by atoms with van der Waals surface area (Å²) >= 11 is 5.93. The minimum atomic E-state index is -0.505. The molecule has 146 valence electrons. The predicted octanol–water partition coefficient (Wildman–Crippen LogP) is 2.84. The highest BCUT2D eigenvalue weighted by Crippen LogP contribution is 2.30. The van der Waals surface area contributed by atoms with Crippen molar-refractivity contribution in [2.24, 2.45) is 5.92 Å². The van der Waals surface area contributed by atoms with Crippen LogP contribution >= 0.6 is 11.6 Å². The van der Waals surface area contributed by atoms with Crippen molar-refractivity contribution in [1.29, 1.82) is 0 Å². The van der Waals surface area contributed by atoms with Crippen molar-refractivity contribution in [3.8, 4) is 5.75 Å². The fraction of sp³-hybridized carbons (Fsp3) is 0.250. The molecule has 1 fully saturated rings. The highest BCUT2D eigenvalue weighted by molar-refractivity contribution is 6.31. The molecule has 1 aliphatic carbocycles. The third kappa shape index (κ3) is 5.47.